The highest BCUT2D eigenvalue weighted by molar-refractivity contribution is 7.90. The van der Waals surface area contributed by atoms with Gasteiger partial charge in [0.25, 0.3) is 0 Å². The van der Waals surface area contributed by atoms with E-state index >= 15 is 0 Å². The minimum Gasteiger partial charge on any atom is -0.325 e. The Morgan fingerprint density at radius 3 is 2.33 bits per heavy atom. The van der Waals surface area contributed by atoms with Crippen LogP contribution in [0.2, 0.25) is 0 Å². The third-order valence-electron chi connectivity index (χ3n) is 2.90. The molecule has 4 nitrogen and oxygen atoms in total. The second-order valence-corrected chi connectivity index (χ2v) is 6.92. The predicted molar refractivity (Wildman–Crippen MR) is 59.3 cm³/mol. The van der Waals surface area contributed by atoms with E-state index in [2.05, 4.69) is 0 Å². The van der Waals surface area contributed by atoms with Crippen LogP contribution in [0.4, 0.5) is 0 Å². The summed E-state index contributed by atoms with van der Waals surface area (Å²) in [5.74, 6) is -0.0770. The van der Waals surface area contributed by atoms with E-state index in [0.717, 1.165) is 31.9 Å². The lowest BCUT2D eigenvalue weighted by molar-refractivity contribution is -0.119. The Morgan fingerprint density at radius 2 is 1.87 bits per heavy atom. The number of carbonyl (C=O) groups is 1. The summed E-state index contributed by atoms with van der Waals surface area (Å²) in [6.45, 7) is 0. The first-order chi connectivity index (χ1) is 6.81. The summed E-state index contributed by atoms with van der Waals surface area (Å²) in [6, 6.07) is 0. The Morgan fingerprint density at radius 1 is 1.33 bits per heavy atom. The van der Waals surface area contributed by atoms with Crippen molar-refractivity contribution in [2.75, 3.05) is 12.0 Å². The second-order valence-electron chi connectivity index (χ2n) is 4.66. The van der Waals surface area contributed by atoms with Crippen molar-refractivity contribution in [2.45, 2.75) is 44.1 Å². The van der Waals surface area contributed by atoms with Gasteiger partial charge < -0.3 is 5.73 Å². The highest BCUT2D eigenvalue weighted by Crippen LogP contribution is 2.30. The Bertz CT molecular complexity index is 329. The molecule has 0 spiro atoms. The quantitative estimate of drug-likeness (QED) is 0.756. The van der Waals surface area contributed by atoms with E-state index in [4.69, 9.17) is 5.73 Å². The molecule has 0 unspecified atom stereocenters. The molecule has 0 aromatic heterocycles. The zero-order valence-corrected chi connectivity index (χ0v) is 9.98. The number of rotatable bonds is 5. The third kappa shape index (κ3) is 4.75. The Labute approximate surface area is 91.1 Å². The monoisotopic (exact) mass is 233 g/mol. The number of nitrogens with two attached hydrogens (primary N) is 1. The van der Waals surface area contributed by atoms with Crippen molar-refractivity contribution in [1.29, 1.82) is 0 Å². The van der Waals surface area contributed by atoms with E-state index in [9.17, 15) is 13.2 Å². The van der Waals surface area contributed by atoms with E-state index in [0.29, 0.717) is 6.42 Å². The summed E-state index contributed by atoms with van der Waals surface area (Å²) < 4.78 is 21.7. The first kappa shape index (κ1) is 12.6. The minimum absolute atomic E-state index is 0.0233. The van der Waals surface area contributed by atoms with Crippen LogP contribution in [0.1, 0.15) is 38.5 Å². The van der Waals surface area contributed by atoms with Crippen molar-refractivity contribution in [3.8, 4) is 0 Å². The molecule has 0 aliphatic heterocycles. The molecule has 88 valence electrons. The van der Waals surface area contributed by atoms with E-state index in [1.165, 1.54) is 0 Å². The molecule has 1 fully saturated rings. The molecular weight excluding hydrogens is 214 g/mol. The van der Waals surface area contributed by atoms with Crippen molar-refractivity contribution in [2.24, 2.45) is 5.73 Å². The number of hydrogen-bond donors (Lipinski definition) is 1. The average Bonchev–Trinajstić information content (AvgIpc) is 2.47. The van der Waals surface area contributed by atoms with Crippen LogP contribution in [0, 0.1) is 0 Å². The van der Waals surface area contributed by atoms with Gasteiger partial charge in [0.2, 0.25) is 0 Å². The smallest absolute Gasteiger partial charge is 0.147 e. The van der Waals surface area contributed by atoms with Gasteiger partial charge in [0.1, 0.15) is 15.6 Å². The van der Waals surface area contributed by atoms with E-state index in [1.807, 2.05) is 0 Å². The van der Waals surface area contributed by atoms with Crippen molar-refractivity contribution in [3.63, 3.8) is 0 Å². The van der Waals surface area contributed by atoms with Gasteiger partial charge in [0.15, 0.2) is 0 Å². The van der Waals surface area contributed by atoms with Crippen LogP contribution < -0.4 is 5.73 Å². The van der Waals surface area contributed by atoms with E-state index < -0.39 is 9.84 Å². The number of ketones is 1. The summed E-state index contributed by atoms with van der Waals surface area (Å²) in [5.41, 5.74) is 5.68. The Balaban J connectivity index is 2.36. The zero-order chi connectivity index (χ0) is 11.5. The van der Waals surface area contributed by atoms with Crippen molar-refractivity contribution in [3.05, 3.63) is 0 Å². The van der Waals surface area contributed by atoms with Crippen LogP contribution in [-0.2, 0) is 14.6 Å². The van der Waals surface area contributed by atoms with E-state index in [1.54, 1.807) is 0 Å². The lowest BCUT2D eigenvalue weighted by Crippen LogP contribution is -2.38. The summed E-state index contributed by atoms with van der Waals surface area (Å²) in [6.07, 6.45) is 5.52. The molecule has 0 atom stereocenters. The molecule has 1 aliphatic rings. The summed E-state index contributed by atoms with van der Waals surface area (Å²) in [4.78, 5) is 11.5. The molecule has 0 aromatic rings. The molecule has 1 rings (SSSR count). The molecule has 0 bridgehead atoms. The van der Waals surface area contributed by atoms with Gasteiger partial charge in [-0.3, -0.25) is 4.79 Å². The summed E-state index contributed by atoms with van der Waals surface area (Å²) in [7, 11) is -3.03. The fourth-order valence-electron chi connectivity index (χ4n) is 2.04. The molecule has 15 heavy (non-hydrogen) atoms. The molecule has 5 heteroatoms. The first-order valence-electron chi connectivity index (χ1n) is 5.29. The number of carbonyl (C=O) groups excluding carboxylic acids is 1. The molecule has 0 heterocycles. The molecule has 2 N–H and O–H groups in total. The van der Waals surface area contributed by atoms with E-state index in [-0.39, 0.29) is 23.5 Å². The highest BCUT2D eigenvalue weighted by atomic mass is 32.2. The Hall–Kier alpha value is -0.420. The van der Waals surface area contributed by atoms with Crippen LogP contribution in [0.3, 0.4) is 0 Å². The number of hydrogen-bond acceptors (Lipinski definition) is 4. The van der Waals surface area contributed by atoms with Gasteiger partial charge in [-0.15, -0.1) is 0 Å². The average molecular weight is 233 g/mol. The minimum atomic E-state index is -3.03. The van der Waals surface area contributed by atoms with Crippen LogP contribution in [0.5, 0.6) is 0 Å². The molecule has 0 amide bonds. The zero-order valence-electron chi connectivity index (χ0n) is 9.16. The van der Waals surface area contributed by atoms with Crippen molar-refractivity contribution in [1.82, 2.24) is 0 Å². The van der Waals surface area contributed by atoms with Gasteiger partial charge >= 0.3 is 0 Å². The van der Waals surface area contributed by atoms with Crippen molar-refractivity contribution < 1.29 is 13.2 Å². The fourth-order valence-corrected chi connectivity index (χ4v) is 2.63. The topological polar surface area (TPSA) is 77.2 Å². The maximum absolute atomic E-state index is 11.5. The largest absolute Gasteiger partial charge is 0.325 e. The number of Topliss-reactive ketones (excluding diaryl/α,β-unsaturated/α-hetero) is 1. The highest BCUT2D eigenvalue weighted by Gasteiger charge is 2.31. The maximum Gasteiger partial charge on any atom is 0.147 e. The molecule has 0 radical (unpaired) electrons. The maximum atomic E-state index is 11.5. The van der Waals surface area contributed by atoms with Crippen LogP contribution in [-0.4, -0.2) is 31.7 Å². The van der Waals surface area contributed by atoms with Crippen LogP contribution in [0.15, 0.2) is 0 Å². The summed E-state index contributed by atoms with van der Waals surface area (Å²) >= 11 is 0. The second kappa shape index (κ2) is 4.61. The van der Waals surface area contributed by atoms with Gasteiger partial charge in [0.05, 0.1) is 5.75 Å². The van der Waals surface area contributed by atoms with Crippen molar-refractivity contribution >= 4 is 15.6 Å². The van der Waals surface area contributed by atoms with Crippen LogP contribution in [0.25, 0.3) is 0 Å². The molecule has 1 saturated carbocycles. The standard InChI is InChI=1S/C10H19NO3S/c1-15(13,14)7-4-9(12)8-10(11)5-2-3-6-10/h2-8,11H2,1H3. The molecular formula is C10H19NO3S. The van der Waals surface area contributed by atoms with Gasteiger partial charge in [-0.25, -0.2) is 8.42 Å². The predicted octanol–water partition coefficient (Wildman–Crippen LogP) is 0.652. The molecule has 0 aromatic carbocycles. The van der Waals surface area contributed by atoms with Crippen LogP contribution >= 0.6 is 0 Å². The fraction of sp³-hybridized carbons (Fsp3) is 0.900. The lowest BCUT2D eigenvalue weighted by Gasteiger charge is -2.22. The number of sulfone groups is 1. The van der Waals surface area contributed by atoms with Gasteiger partial charge in [-0.1, -0.05) is 12.8 Å². The van der Waals surface area contributed by atoms with Gasteiger partial charge in [-0.2, -0.15) is 0 Å². The third-order valence-corrected chi connectivity index (χ3v) is 3.85. The normalized spacial score (nSPS) is 20.4. The molecule has 1 aliphatic carbocycles. The van der Waals surface area contributed by atoms with Gasteiger partial charge in [-0.05, 0) is 12.8 Å². The SMILES string of the molecule is CS(=O)(=O)CCC(=O)CC1(N)CCCC1. The molecule has 0 saturated heterocycles. The lowest BCUT2D eigenvalue weighted by atomic mass is 9.92. The van der Waals surface area contributed by atoms with Gasteiger partial charge in [0, 0.05) is 24.6 Å². The summed E-state index contributed by atoms with van der Waals surface area (Å²) in [5, 5.41) is 0. The Kier molecular flexibility index (Phi) is 3.89. The first-order valence-corrected chi connectivity index (χ1v) is 7.35.